The van der Waals surface area contributed by atoms with Gasteiger partial charge in [-0.3, -0.25) is 4.90 Å². The predicted octanol–water partition coefficient (Wildman–Crippen LogP) is 2.78. The van der Waals surface area contributed by atoms with E-state index < -0.39 is 5.60 Å². The summed E-state index contributed by atoms with van der Waals surface area (Å²) in [6, 6.07) is 9.17. The maximum Gasteiger partial charge on any atom is 0.410 e. The third-order valence-corrected chi connectivity index (χ3v) is 4.82. The van der Waals surface area contributed by atoms with Gasteiger partial charge >= 0.3 is 6.09 Å². The average molecular weight is 331 g/mol. The molecule has 0 aromatic heterocycles. The second-order valence-electron chi connectivity index (χ2n) is 7.88. The van der Waals surface area contributed by atoms with Crippen LogP contribution in [0.2, 0.25) is 0 Å². The number of hydrogen-bond acceptors (Lipinski definition) is 4. The summed E-state index contributed by atoms with van der Waals surface area (Å²) in [5.74, 6) is 0. The lowest BCUT2D eigenvalue weighted by Gasteiger charge is -2.42. The molecule has 1 aromatic rings. The molecule has 0 aliphatic carbocycles. The summed E-state index contributed by atoms with van der Waals surface area (Å²) in [5.41, 5.74) is 7.68. The van der Waals surface area contributed by atoms with Crippen LogP contribution in [0.3, 0.4) is 0 Å². The van der Waals surface area contributed by atoms with Gasteiger partial charge in [0.05, 0.1) is 12.1 Å². The van der Waals surface area contributed by atoms with Crippen molar-refractivity contribution in [3.63, 3.8) is 0 Å². The molecule has 2 atom stereocenters. The van der Waals surface area contributed by atoms with E-state index in [1.54, 1.807) is 0 Å². The number of ether oxygens (including phenoxy) is 1. The Kier molecular flexibility index (Phi) is 4.72. The lowest BCUT2D eigenvalue weighted by Crippen LogP contribution is -2.56. The van der Waals surface area contributed by atoms with Crippen LogP contribution in [0, 0.1) is 0 Å². The number of rotatable bonds is 3. The van der Waals surface area contributed by atoms with Gasteiger partial charge in [0, 0.05) is 18.8 Å². The number of amides is 1. The van der Waals surface area contributed by atoms with Crippen molar-refractivity contribution in [1.82, 2.24) is 4.90 Å². The Labute approximate surface area is 144 Å². The minimum absolute atomic E-state index is 0.159. The molecule has 24 heavy (non-hydrogen) atoms. The van der Waals surface area contributed by atoms with Gasteiger partial charge in [-0.05, 0) is 64.3 Å². The molecule has 5 heteroatoms. The van der Waals surface area contributed by atoms with E-state index in [1.807, 2.05) is 25.7 Å². The summed E-state index contributed by atoms with van der Waals surface area (Å²) in [7, 11) is 0. The number of anilines is 1. The highest BCUT2D eigenvalue weighted by Gasteiger charge is 2.44. The Bertz CT molecular complexity index is 565. The molecule has 3 rings (SSSR count). The van der Waals surface area contributed by atoms with Gasteiger partial charge in [0.1, 0.15) is 5.60 Å². The summed E-state index contributed by atoms with van der Waals surface area (Å²) in [6.07, 6.45) is 2.88. The van der Waals surface area contributed by atoms with Crippen LogP contribution in [0.1, 0.15) is 39.2 Å². The Morgan fingerprint density at radius 2 is 1.75 bits per heavy atom. The molecule has 2 heterocycles. The Morgan fingerprint density at radius 3 is 2.25 bits per heavy atom. The lowest BCUT2D eigenvalue weighted by atomic mass is 10.1. The summed E-state index contributed by atoms with van der Waals surface area (Å²) < 4.78 is 5.60. The van der Waals surface area contributed by atoms with E-state index >= 15 is 0 Å². The van der Waals surface area contributed by atoms with Crippen LogP contribution < -0.4 is 10.6 Å². The van der Waals surface area contributed by atoms with E-state index in [-0.39, 0.29) is 18.2 Å². The van der Waals surface area contributed by atoms with E-state index in [9.17, 15) is 4.79 Å². The van der Waals surface area contributed by atoms with Gasteiger partial charge in [0.2, 0.25) is 0 Å². The highest BCUT2D eigenvalue weighted by Crippen LogP contribution is 2.33. The summed E-state index contributed by atoms with van der Waals surface area (Å²) >= 11 is 0. The first-order chi connectivity index (χ1) is 11.4. The van der Waals surface area contributed by atoms with E-state index in [0.29, 0.717) is 6.54 Å². The van der Waals surface area contributed by atoms with Crippen LogP contribution in [-0.4, -0.2) is 48.3 Å². The van der Waals surface area contributed by atoms with Crippen LogP contribution in [0.15, 0.2) is 24.3 Å². The fourth-order valence-electron chi connectivity index (χ4n) is 3.77. The van der Waals surface area contributed by atoms with Crippen molar-refractivity contribution in [2.45, 2.75) is 57.7 Å². The first kappa shape index (κ1) is 17.1. The van der Waals surface area contributed by atoms with Crippen LogP contribution in [-0.2, 0) is 11.2 Å². The molecule has 0 unspecified atom stereocenters. The van der Waals surface area contributed by atoms with Crippen molar-refractivity contribution in [3.05, 3.63) is 29.8 Å². The fraction of sp³-hybridized carbons (Fsp3) is 0.632. The quantitative estimate of drug-likeness (QED) is 0.925. The fourth-order valence-corrected chi connectivity index (χ4v) is 3.77. The second kappa shape index (κ2) is 6.63. The van der Waals surface area contributed by atoms with Crippen LogP contribution in [0.4, 0.5) is 10.5 Å². The molecule has 2 aliphatic heterocycles. The number of nitrogens with zero attached hydrogens (tertiary/aromatic N) is 2. The minimum Gasteiger partial charge on any atom is -0.444 e. The molecule has 2 fully saturated rings. The number of fused-ring (bicyclic) bond motifs is 2. The number of benzene rings is 1. The topological polar surface area (TPSA) is 58.8 Å². The zero-order valence-corrected chi connectivity index (χ0v) is 15.0. The second-order valence-corrected chi connectivity index (χ2v) is 7.88. The van der Waals surface area contributed by atoms with Gasteiger partial charge < -0.3 is 15.4 Å². The first-order valence-corrected chi connectivity index (χ1v) is 8.92. The van der Waals surface area contributed by atoms with E-state index in [1.165, 1.54) is 11.3 Å². The van der Waals surface area contributed by atoms with Crippen molar-refractivity contribution in [1.29, 1.82) is 0 Å². The van der Waals surface area contributed by atoms with Crippen molar-refractivity contribution in [3.8, 4) is 0 Å². The molecule has 1 aromatic carbocycles. The molecule has 5 nitrogen and oxygen atoms in total. The molecule has 2 bridgehead atoms. The number of nitrogens with two attached hydrogens (primary N) is 1. The van der Waals surface area contributed by atoms with Crippen LogP contribution in [0.5, 0.6) is 0 Å². The highest BCUT2D eigenvalue weighted by atomic mass is 16.6. The third kappa shape index (κ3) is 3.66. The third-order valence-electron chi connectivity index (χ3n) is 4.82. The van der Waals surface area contributed by atoms with Gasteiger partial charge in [-0.15, -0.1) is 0 Å². The molecule has 132 valence electrons. The zero-order valence-electron chi connectivity index (χ0n) is 15.0. The minimum atomic E-state index is -0.438. The highest BCUT2D eigenvalue weighted by molar-refractivity contribution is 5.70. The Morgan fingerprint density at radius 1 is 1.17 bits per heavy atom. The SMILES string of the molecule is CC(C)(C)OC(=O)N1[C@@H]2CC[C@H]1CN(c1ccc(CCN)cc1)C2. The van der Waals surface area contributed by atoms with E-state index in [2.05, 4.69) is 29.2 Å². The number of piperazine rings is 1. The number of carbonyl (C=O) groups is 1. The molecule has 0 spiro atoms. The zero-order chi connectivity index (χ0) is 17.3. The molecular weight excluding hydrogens is 302 g/mol. The molecule has 2 saturated heterocycles. The normalized spacial score (nSPS) is 23.5. The summed E-state index contributed by atoms with van der Waals surface area (Å²) in [5, 5.41) is 0. The van der Waals surface area contributed by atoms with E-state index in [4.69, 9.17) is 10.5 Å². The van der Waals surface area contributed by atoms with Gasteiger partial charge in [0.15, 0.2) is 0 Å². The molecule has 0 radical (unpaired) electrons. The maximum absolute atomic E-state index is 12.5. The Hall–Kier alpha value is -1.75. The number of hydrogen-bond donors (Lipinski definition) is 1. The molecule has 0 saturated carbocycles. The van der Waals surface area contributed by atoms with Crippen molar-refractivity contribution in [2.24, 2.45) is 5.73 Å². The molecule has 2 N–H and O–H groups in total. The monoisotopic (exact) mass is 331 g/mol. The van der Waals surface area contributed by atoms with Gasteiger partial charge in [0.25, 0.3) is 0 Å². The number of carbonyl (C=O) groups excluding carboxylic acids is 1. The lowest BCUT2D eigenvalue weighted by molar-refractivity contribution is 0.0123. The molecule has 2 aliphatic rings. The summed E-state index contributed by atoms with van der Waals surface area (Å²) in [6.45, 7) is 8.21. The predicted molar refractivity (Wildman–Crippen MR) is 96.3 cm³/mol. The van der Waals surface area contributed by atoms with Gasteiger partial charge in [-0.25, -0.2) is 4.79 Å². The molecular formula is C19H29N3O2. The summed E-state index contributed by atoms with van der Waals surface area (Å²) in [4.78, 5) is 16.9. The Balaban J connectivity index is 1.67. The maximum atomic E-state index is 12.5. The van der Waals surface area contributed by atoms with Gasteiger partial charge in [-0.2, -0.15) is 0 Å². The largest absolute Gasteiger partial charge is 0.444 e. The first-order valence-electron chi connectivity index (χ1n) is 8.92. The van der Waals surface area contributed by atoms with Crippen molar-refractivity contribution >= 4 is 11.8 Å². The van der Waals surface area contributed by atoms with Crippen molar-refractivity contribution < 1.29 is 9.53 Å². The van der Waals surface area contributed by atoms with Gasteiger partial charge in [-0.1, -0.05) is 12.1 Å². The smallest absolute Gasteiger partial charge is 0.410 e. The standard InChI is InChI=1S/C19H29N3O2/c1-19(2,3)24-18(23)22-16-8-9-17(22)13-21(12-16)15-6-4-14(5-7-15)10-11-20/h4-7,16-17H,8-13,20H2,1-3H3/t16-,17+. The average Bonchev–Trinajstić information content (AvgIpc) is 2.77. The van der Waals surface area contributed by atoms with Crippen LogP contribution in [0.25, 0.3) is 0 Å². The van der Waals surface area contributed by atoms with Crippen molar-refractivity contribution in [2.75, 3.05) is 24.5 Å². The van der Waals surface area contributed by atoms with Crippen LogP contribution >= 0.6 is 0 Å². The van der Waals surface area contributed by atoms with E-state index in [0.717, 1.165) is 32.4 Å². The molecule has 1 amide bonds.